The van der Waals surface area contributed by atoms with Gasteiger partial charge in [0.05, 0.1) is 0 Å². The minimum atomic E-state index is -1.22. The molecule has 1 heteroatoms. The summed E-state index contributed by atoms with van der Waals surface area (Å²) in [6.45, 7) is 8.93. The van der Waals surface area contributed by atoms with Gasteiger partial charge in [-0.2, -0.15) is 0 Å². The van der Waals surface area contributed by atoms with Crippen molar-refractivity contribution in [1.29, 1.82) is 0 Å². The van der Waals surface area contributed by atoms with Crippen molar-refractivity contribution in [3.8, 4) is 11.5 Å². The van der Waals surface area contributed by atoms with Gasteiger partial charge in [0, 0.05) is 0 Å². The lowest BCUT2D eigenvalue weighted by molar-refractivity contribution is 0.712. The van der Waals surface area contributed by atoms with E-state index in [4.69, 9.17) is 0 Å². The summed E-state index contributed by atoms with van der Waals surface area (Å²) in [6.07, 6.45) is 14.0. The Hall–Kier alpha value is -1.00. The van der Waals surface area contributed by atoms with Gasteiger partial charge in [-0.15, -0.1) is 5.54 Å². The van der Waals surface area contributed by atoms with Crippen LogP contribution in [0.3, 0.4) is 0 Å². The molecule has 1 aliphatic rings. The summed E-state index contributed by atoms with van der Waals surface area (Å²) in [5.74, 6) is 3.19. The van der Waals surface area contributed by atoms with E-state index in [9.17, 15) is 0 Å². The first-order chi connectivity index (χ1) is 7.97. The van der Waals surface area contributed by atoms with E-state index in [1.807, 2.05) is 6.08 Å². The van der Waals surface area contributed by atoms with Crippen molar-refractivity contribution in [1.82, 2.24) is 0 Å². The Morgan fingerprint density at radius 3 is 2.65 bits per heavy atom. The van der Waals surface area contributed by atoms with Gasteiger partial charge in [-0.1, -0.05) is 49.4 Å². The van der Waals surface area contributed by atoms with Gasteiger partial charge in [0.2, 0.25) is 0 Å². The molecule has 0 fully saturated rings. The van der Waals surface area contributed by atoms with Gasteiger partial charge in [-0.3, -0.25) is 0 Å². The van der Waals surface area contributed by atoms with Crippen LogP contribution in [-0.4, -0.2) is 8.07 Å². The van der Waals surface area contributed by atoms with Gasteiger partial charge < -0.3 is 0 Å². The molecular weight excluding hydrogens is 220 g/mol. The van der Waals surface area contributed by atoms with Crippen molar-refractivity contribution in [3.63, 3.8) is 0 Å². The molecule has 0 spiro atoms. The molecule has 92 valence electrons. The molecule has 0 unspecified atom stereocenters. The van der Waals surface area contributed by atoms with E-state index in [1.165, 1.54) is 36.8 Å². The SMILES string of the molecule is CC(=C/C#C[Si](C)(C)C)/C=C/C1=CCCCC1. The predicted octanol–water partition coefficient (Wildman–Crippen LogP) is 4.87. The van der Waals surface area contributed by atoms with E-state index in [-0.39, 0.29) is 0 Å². The highest BCUT2D eigenvalue weighted by atomic mass is 28.3. The number of hydrogen-bond donors (Lipinski definition) is 0. The zero-order valence-corrected chi connectivity index (χ0v) is 12.6. The highest BCUT2D eigenvalue weighted by molar-refractivity contribution is 6.83. The summed E-state index contributed by atoms with van der Waals surface area (Å²) in [6, 6.07) is 0. The third-order valence-electron chi connectivity index (χ3n) is 2.63. The summed E-state index contributed by atoms with van der Waals surface area (Å²) in [4.78, 5) is 0. The molecule has 17 heavy (non-hydrogen) atoms. The van der Waals surface area contributed by atoms with Crippen molar-refractivity contribution < 1.29 is 0 Å². The summed E-state index contributed by atoms with van der Waals surface area (Å²) < 4.78 is 0. The molecular formula is C16H24Si. The highest BCUT2D eigenvalue weighted by Gasteiger charge is 2.06. The topological polar surface area (TPSA) is 0 Å². The van der Waals surface area contributed by atoms with Crippen LogP contribution in [0.1, 0.15) is 32.6 Å². The zero-order chi connectivity index (χ0) is 12.7. The number of allylic oxidation sites excluding steroid dienone is 6. The lowest BCUT2D eigenvalue weighted by Gasteiger charge is -2.07. The summed E-state index contributed by atoms with van der Waals surface area (Å²) in [5.41, 5.74) is 6.09. The Kier molecular flexibility index (Phi) is 5.51. The van der Waals surface area contributed by atoms with Crippen molar-refractivity contribution in [2.45, 2.75) is 52.2 Å². The van der Waals surface area contributed by atoms with Crippen molar-refractivity contribution in [2.75, 3.05) is 0 Å². The van der Waals surface area contributed by atoms with Gasteiger partial charge in [-0.05, 0) is 44.3 Å². The van der Waals surface area contributed by atoms with Crippen molar-refractivity contribution in [3.05, 3.63) is 35.5 Å². The highest BCUT2D eigenvalue weighted by Crippen LogP contribution is 2.18. The second-order valence-electron chi connectivity index (χ2n) is 5.77. The molecule has 0 amide bonds. The summed E-state index contributed by atoms with van der Waals surface area (Å²) in [7, 11) is -1.22. The molecule has 0 heterocycles. The first-order valence-corrected chi connectivity index (χ1v) is 10.0. The van der Waals surface area contributed by atoms with E-state index in [0.717, 1.165) is 0 Å². The summed E-state index contributed by atoms with van der Waals surface area (Å²) in [5, 5.41) is 0. The van der Waals surface area contributed by atoms with E-state index in [2.05, 4.69) is 56.3 Å². The maximum absolute atomic E-state index is 3.35. The van der Waals surface area contributed by atoms with Gasteiger partial charge >= 0.3 is 0 Å². The minimum absolute atomic E-state index is 1.22. The summed E-state index contributed by atoms with van der Waals surface area (Å²) >= 11 is 0. The molecule has 0 aromatic rings. The third kappa shape index (κ3) is 7.02. The molecule has 0 saturated carbocycles. The van der Waals surface area contributed by atoms with Gasteiger partial charge in [0.25, 0.3) is 0 Å². The Balaban J connectivity index is 2.55. The third-order valence-corrected chi connectivity index (χ3v) is 3.53. The fraction of sp³-hybridized carbons (Fsp3) is 0.500. The van der Waals surface area contributed by atoms with Crippen LogP contribution in [0.25, 0.3) is 0 Å². The van der Waals surface area contributed by atoms with E-state index >= 15 is 0 Å². The smallest absolute Gasteiger partial charge is 0.127 e. The van der Waals surface area contributed by atoms with E-state index < -0.39 is 8.07 Å². The maximum atomic E-state index is 3.35. The van der Waals surface area contributed by atoms with E-state index in [1.54, 1.807) is 0 Å². The standard InChI is InChI=1S/C16H24Si/c1-15(9-8-14-17(2,3)4)12-13-16-10-6-5-7-11-16/h9-10,12-13H,5-7,11H2,1-4H3/b13-12+,15-9-. The molecule has 0 atom stereocenters. The second-order valence-corrected chi connectivity index (χ2v) is 10.5. The molecule has 1 aliphatic carbocycles. The fourth-order valence-corrected chi connectivity index (χ4v) is 2.17. The lowest BCUT2D eigenvalue weighted by atomic mass is 9.99. The maximum Gasteiger partial charge on any atom is 0.129 e. The number of rotatable bonds is 2. The van der Waals surface area contributed by atoms with Crippen LogP contribution in [0.4, 0.5) is 0 Å². The largest absolute Gasteiger partial charge is 0.129 e. The minimum Gasteiger partial charge on any atom is -0.127 e. The molecule has 0 radical (unpaired) electrons. The Morgan fingerprint density at radius 1 is 1.29 bits per heavy atom. The van der Waals surface area contributed by atoms with Crippen LogP contribution in [0.2, 0.25) is 19.6 Å². The fourth-order valence-electron chi connectivity index (χ4n) is 1.67. The van der Waals surface area contributed by atoms with Crippen LogP contribution in [0.15, 0.2) is 35.5 Å². The Bertz CT molecular complexity index is 391. The van der Waals surface area contributed by atoms with Crippen LogP contribution in [0.5, 0.6) is 0 Å². The van der Waals surface area contributed by atoms with Crippen molar-refractivity contribution >= 4 is 8.07 Å². The monoisotopic (exact) mass is 244 g/mol. The molecule has 0 aliphatic heterocycles. The first kappa shape index (κ1) is 14.1. The van der Waals surface area contributed by atoms with Gasteiger partial charge in [0.1, 0.15) is 8.07 Å². The first-order valence-electron chi connectivity index (χ1n) is 6.54. The molecule has 0 aromatic carbocycles. The van der Waals surface area contributed by atoms with Crippen LogP contribution in [-0.2, 0) is 0 Å². The van der Waals surface area contributed by atoms with Crippen molar-refractivity contribution in [2.24, 2.45) is 0 Å². The predicted molar refractivity (Wildman–Crippen MR) is 80.6 cm³/mol. The molecule has 0 nitrogen and oxygen atoms in total. The van der Waals surface area contributed by atoms with Gasteiger partial charge in [0.15, 0.2) is 0 Å². The Labute approximate surface area is 108 Å². The Morgan fingerprint density at radius 2 is 2.06 bits per heavy atom. The number of hydrogen-bond acceptors (Lipinski definition) is 0. The van der Waals surface area contributed by atoms with E-state index in [0.29, 0.717) is 0 Å². The molecule has 1 rings (SSSR count). The quantitative estimate of drug-likeness (QED) is 0.369. The van der Waals surface area contributed by atoms with Crippen LogP contribution < -0.4 is 0 Å². The molecule has 0 bridgehead atoms. The van der Waals surface area contributed by atoms with Crippen LogP contribution in [0, 0.1) is 11.5 Å². The molecule has 0 aromatic heterocycles. The van der Waals surface area contributed by atoms with Crippen LogP contribution >= 0.6 is 0 Å². The zero-order valence-electron chi connectivity index (χ0n) is 11.6. The normalized spacial score (nSPS) is 17.6. The van der Waals surface area contributed by atoms with Gasteiger partial charge in [-0.25, -0.2) is 0 Å². The lowest BCUT2D eigenvalue weighted by Crippen LogP contribution is -2.16. The molecule has 0 N–H and O–H groups in total. The second kappa shape index (κ2) is 6.66. The average Bonchev–Trinajstić information content (AvgIpc) is 2.26. The molecule has 0 saturated heterocycles. The average molecular weight is 244 g/mol.